The number of carbonyl (C=O) groups excluding carboxylic acids is 6. The minimum absolute atomic E-state index is 0. The van der Waals surface area contributed by atoms with Gasteiger partial charge in [0.25, 0.3) is 0 Å². The van der Waals surface area contributed by atoms with Gasteiger partial charge in [-0.3, -0.25) is 34.1 Å². The van der Waals surface area contributed by atoms with Gasteiger partial charge in [0.15, 0.2) is 0 Å². The monoisotopic (exact) mass is 1450 g/mol. The molecule has 6 heterocycles. The van der Waals surface area contributed by atoms with E-state index in [2.05, 4.69) is 43.8 Å². The van der Waals surface area contributed by atoms with E-state index in [0.29, 0.717) is 61.4 Å². The van der Waals surface area contributed by atoms with E-state index in [9.17, 15) is 41.9 Å². The third-order valence-electron chi connectivity index (χ3n) is 23.8. The molecule has 106 heavy (non-hydrogen) atoms. The fourth-order valence-corrected chi connectivity index (χ4v) is 19.1. The van der Waals surface area contributed by atoms with Gasteiger partial charge in [-0.1, -0.05) is 80.3 Å². The highest BCUT2D eigenvalue weighted by atomic mass is 19.1. The summed E-state index contributed by atoms with van der Waals surface area (Å²) in [6, 6.07) is 31.1. The van der Waals surface area contributed by atoms with Gasteiger partial charge < -0.3 is 39.4 Å². The number of aliphatic hydroxyl groups is 1. The number of nitrogens with zero attached hydrogens (tertiary/aromatic N) is 3. The van der Waals surface area contributed by atoms with Crippen LogP contribution in [-0.2, 0) is 42.9 Å². The van der Waals surface area contributed by atoms with E-state index < -0.39 is 0 Å². The van der Waals surface area contributed by atoms with Crippen molar-refractivity contribution in [3.8, 4) is 33.4 Å². The lowest BCUT2D eigenvalue weighted by atomic mass is 9.57. The highest BCUT2D eigenvalue weighted by Gasteiger charge is 2.57. The number of aliphatic hydroxyl groups excluding tert-OH is 1. The van der Waals surface area contributed by atoms with Crippen LogP contribution >= 0.6 is 0 Å². The van der Waals surface area contributed by atoms with E-state index in [1.807, 2.05) is 93.6 Å². The number of Topliss-reactive ketones (excluding diaryl/α,β-unsaturated/α-hetero) is 1. The summed E-state index contributed by atoms with van der Waals surface area (Å²) in [7, 11) is 1.00. The van der Waals surface area contributed by atoms with Crippen LogP contribution in [0.2, 0.25) is 0 Å². The maximum atomic E-state index is 13.6. The number of esters is 3. The lowest BCUT2D eigenvalue weighted by Gasteiger charge is -2.47. The first-order valence-corrected chi connectivity index (χ1v) is 37.5. The Labute approximate surface area is 620 Å². The van der Waals surface area contributed by atoms with E-state index in [-0.39, 0.29) is 145 Å². The Morgan fingerprint density at radius 1 is 0.472 bits per heavy atom. The third-order valence-corrected chi connectivity index (χ3v) is 23.8. The molecule has 9 fully saturated rings. The van der Waals surface area contributed by atoms with E-state index in [1.165, 1.54) is 36.4 Å². The molecule has 17 nitrogen and oxygen atoms in total. The van der Waals surface area contributed by atoms with Gasteiger partial charge in [-0.15, -0.1) is 0 Å². The molecule has 15 rings (SSSR count). The number of hydrogen-bond donors (Lipinski definition) is 3. The quantitative estimate of drug-likeness (QED) is 0.0721. The van der Waals surface area contributed by atoms with Crippen LogP contribution in [-0.4, -0.2) is 107 Å². The van der Waals surface area contributed by atoms with Crippen molar-refractivity contribution in [1.29, 1.82) is 0 Å². The minimum atomic E-state index is -0.364. The highest BCUT2D eigenvalue weighted by Crippen LogP contribution is 2.57. The Balaban J connectivity index is 0.000000157. The number of pyridine rings is 3. The van der Waals surface area contributed by atoms with Crippen molar-refractivity contribution in [2.24, 2.45) is 88.8 Å². The summed E-state index contributed by atoms with van der Waals surface area (Å²) >= 11 is 0. The van der Waals surface area contributed by atoms with Crippen LogP contribution in [0.4, 0.5) is 22.8 Å². The van der Waals surface area contributed by atoms with Crippen LogP contribution in [0, 0.1) is 106 Å². The van der Waals surface area contributed by atoms with Crippen molar-refractivity contribution >= 4 is 54.1 Å². The molecule has 0 bridgehead atoms. The summed E-state index contributed by atoms with van der Waals surface area (Å²) in [4.78, 5) is 87.7. The summed E-state index contributed by atoms with van der Waals surface area (Å²) in [5, 5.41) is 13.1. The highest BCUT2D eigenvalue weighted by molar-refractivity contribution is 5.81. The number of halogens is 3. The summed E-state index contributed by atoms with van der Waals surface area (Å²) < 4.78 is 67.9. The molecule has 1 unspecified atom stereocenters. The zero-order valence-corrected chi connectivity index (χ0v) is 60.4. The first-order valence-electron chi connectivity index (χ1n) is 37.5. The number of benzene rings is 3. The fraction of sp³-hybridized carbons (Fsp3) is 0.477. The fourth-order valence-electron chi connectivity index (χ4n) is 19.1. The predicted molar refractivity (Wildman–Crippen MR) is 398 cm³/mol. The summed E-state index contributed by atoms with van der Waals surface area (Å²) in [5.41, 5.74) is 7.35. The van der Waals surface area contributed by atoms with Gasteiger partial charge in [0, 0.05) is 85.1 Å². The second kappa shape index (κ2) is 35.4. The Bertz CT molecular complexity index is 3960. The number of aromatic nitrogens is 3. The lowest BCUT2D eigenvalue weighted by molar-refractivity contribution is -0.145. The molecule has 3 N–H and O–H groups in total. The number of rotatable bonds is 13. The largest absolute Gasteiger partial charge is 0.462 e. The standard InChI is InChI=1S/2C29H33FN2O4.C26H26FNO3.CH4O.CH4/c2*1-3-35-29(34)32-23-10-7-19-14-26-27(17(2)36-28(26)33)24(25(19)15-23)12-11-22-9-8-20(16-31-22)18-5-4-6-21(30)13-18;1-15-25-22(23-13-21(29)9-6-17(23)12-24(25)26(30)31-15)10-8-20-7-5-18(14-28-20)16-3-2-4-19(27)11-16;1-2;/h2*4-6,8-9,11-13,16-17,19,23-27H,3,7,10,14-15H2,1-2H3,(H,32,34);2-5,7-8,10-11,14-15,17,22-25H,6,9,12-13H2,1H3;2H,1H3;1H4/b2*12-11+;10-8+;;/t17-,19+,23?,24+,25-,26-,27+;17-,19+,23+,24+,25-,26-,27+;15-,17+,22+,23-,24-,25+;;/m111../s1. The van der Waals surface area contributed by atoms with Gasteiger partial charge in [0.05, 0.1) is 48.0 Å². The Kier molecular flexibility index (Phi) is 26.0. The zero-order valence-electron chi connectivity index (χ0n) is 60.4. The van der Waals surface area contributed by atoms with Gasteiger partial charge in [-0.2, -0.15) is 0 Å². The lowest BCUT2D eigenvalue weighted by Crippen LogP contribution is -2.48. The number of ketones is 1. The molecule has 6 aliphatic carbocycles. The van der Waals surface area contributed by atoms with Crippen molar-refractivity contribution in [3.05, 3.63) is 181 Å². The van der Waals surface area contributed by atoms with Gasteiger partial charge in [0.1, 0.15) is 41.5 Å². The number of alkyl carbamates (subject to hydrolysis) is 2. The minimum Gasteiger partial charge on any atom is -0.462 e. The first-order chi connectivity index (χ1) is 50.8. The number of hydrogen-bond acceptors (Lipinski definition) is 15. The van der Waals surface area contributed by atoms with Crippen molar-refractivity contribution in [2.75, 3.05) is 20.3 Å². The molecule has 6 saturated carbocycles. The van der Waals surface area contributed by atoms with Crippen molar-refractivity contribution < 1.29 is 70.7 Å². The maximum absolute atomic E-state index is 13.6. The van der Waals surface area contributed by atoms with E-state index >= 15 is 0 Å². The second-order valence-electron chi connectivity index (χ2n) is 29.7. The molecule has 3 saturated heterocycles. The van der Waals surface area contributed by atoms with Crippen LogP contribution in [0.15, 0.2) is 146 Å². The molecule has 562 valence electrons. The van der Waals surface area contributed by atoms with Gasteiger partial charge in [0.2, 0.25) is 0 Å². The van der Waals surface area contributed by atoms with Crippen molar-refractivity contribution in [2.45, 2.75) is 149 Å². The number of nitrogens with one attached hydrogen (secondary N) is 2. The predicted octanol–water partition coefficient (Wildman–Crippen LogP) is 16.6. The molecule has 20 atom stereocenters. The van der Waals surface area contributed by atoms with Crippen LogP contribution in [0.25, 0.3) is 51.6 Å². The van der Waals surface area contributed by atoms with Crippen LogP contribution in [0.1, 0.15) is 136 Å². The topological polar surface area (TPSA) is 232 Å². The average molecular weight is 1450 g/mol. The first kappa shape index (κ1) is 77.8. The molecule has 9 aliphatic rings. The number of carbonyl (C=O) groups is 6. The van der Waals surface area contributed by atoms with Gasteiger partial charge >= 0.3 is 30.1 Å². The average Bonchev–Trinajstić information content (AvgIpc) is 1.56. The number of allylic oxidation sites excluding steroid dienone is 3. The third kappa shape index (κ3) is 18.0. The van der Waals surface area contributed by atoms with Crippen molar-refractivity contribution in [3.63, 3.8) is 0 Å². The molecule has 0 radical (unpaired) electrons. The normalized spacial score (nSPS) is 30.9. The molecule has 2 amide bonds. The number of amides is 2. The molecule has 6 aromatic rings. The van der Waals surface area contributed by atoms with Crippen LogP contribution in [0.5, 0.6) is 0 Å². The molecule has 20 heteroatoms. The summed E-state index contributed by atoms with van der Waals surface area (Å²) in [5.74, 6) is 2.00. The van der Waals surface area contributed by atoms with Gasteiger partial charge in [-0.05, 0) is 242 Å². The molecule has 3 aliphatic heterocycles. The summed E-state index contributed by atoms with van der Waals surface area (Å²) in [6.45, 7) is 10.3. The zero-order chi connectivity index (χ0) is 74.0. The molecule has 3 aromatic heterocycles. The summed E-state index contributed by atoms with van der Waals surface area (Å²) in [6.07, 6.45) is 26.8. The number of cyclic esters (lactones) is 3. The van der Waals surface area contributed by atoms with Crippen LogP contribution < -0.4 is 10.6 Å². The van der Waals surface area contributed by atoms with Gasteiger partial charge in [-0.25, -0.2) is 22.8 Å². The van der Waals surface area contributed by atoms with E-state index in [0.717, 1.165) is 122 Å². The van der Waals surface area contributed by atoms with E-state index in [1.54, 1.807) is 50.6 Å². The van der Waals surface area contributed by atoms with Crippen LogP contribution in [0.3, 0.4) is 0 Å². The molecule has 3 aromatic carbocycles. The number of ether oxygens (including phenoxy) is 5. The Morgan fingerprint density at radius 2 is 0.811 bits per heavy atom. The molecular weight excluding hydrogens is 1350 g/mol. The SMILES string of the molecule is C.CCOC(=O)NC1CC[C@H]2C[C@H]3C(=O)O[C@H](C)[C@H]3[C@@H](/C=C/c3ccc(-c4cccc(F)c4)cn3)[C@@H]2C1.CCOC(=O)N[C@H]1CC[C@H]2C[C@H]3C(=O)O[C@H](C)[C@H]3[C@@H](/C=C/c3ccc(-c4cccc(F)c4)cn3)[C@@H]2C1.CO.C[C@H]1OC(=O)[C@@H]2C[C@@H]3CCC(=O)C[C@H]3[C@H](/C=C/c3ccc(-c4cccc(F)c4)cn3)[C@H]12. The smallest absolute Gasteiger partial charge is 0.407 e. The molecular formula is C86H100F3N5O12. The molecule has 0 spiro atoms. The van der Waals surface area contributed by atoms with E-state index in [4.69, 9.17) is 28.8 Å². The second-order valence-corrected chi connectivity index (χ2v) is 29.7. The number of fused-ring (bicyclic) bond motifs is 6. The maximum Gasteiger partial charge on any atom is 0.407 e. The Hall–Kier alpha value is -9.30. The Morgan fingerprint density at radius 3 is 1.13 bits per heavy atom. The van der Waals surface area contributed by atoms with Crippen molar-refractivity contribution in [1.82, 2.24) is 25.6 Å².